The van der Waals surface area contributed by atoms with Gasteiger partial charge in [-0.3, -0.25) is 0 Å². The molecule has 0 saturated carbocycles. The molecule has 0 amide bonds. The molecule has 0 saturated heterocycles. The van der Waals surface area contributed by atoms with Crippen LogP contribution in [-0.4, -0.2) is 11.1 Å². The molecule has 3 N–H and O–H groups in total. The smallest absolute Gasteiger partial charge is 0.0952 e. The highest BCUT2D eigenvalue weighted by molar-refractivity contribution is 6.31. The average Bonchev–Trinajstić information content (AvgIpc) is 2.08. The zero-order chi connectivity index (χ0) is 10.0. The van der Waals surface area contributed by atoms with E-state index in [1.165, 1.54) is 0 Å². The van der Waals surface area contributed by atoms with Crippen molar-refractivity contribution in [3.8, 4) is 0 Å². The van der Waals surface area contributed by atoms with Crippen LogP contribution in [0, 0.1) is 6.92 Å². The SMILES string of the molecule is Cc1ccc(Cl)c(C(O)C(C)N)c1. The van der Waals surface area contributed by atoms with Crippen molar-refractivity contribution in [3.05, 3.63) is 34.3 Å². The van der Waals surface area contributed by atoms with Crippen LogP contribution < -0.4 is 5.73 Å². The topological polar surface area (TPSA) is 46.2 Å². The largest absolute Gasteiger partial charge is 0.387 e. The fraction of sp³-hybridized carbons (Fsp3) is 0.400. The summed E-state index contributed by atoms with van der Waals surface area (Å²) in [5.74, 6) is 0. The molecule has 1 aromatic carbocycles. The minimum absolute atomic E-state index is 0.306. The lowest BCUT2D eigenvalue weighted by atomic mass is 10.0. The molecule has 0 heterocycles. The summed E-state index contributed by atoms with van der Waals surface area (Å²) in [6, 6.07) is 5.23. The van der Waals surface area contributed by atoms with Gasteiger partial charge in [-0.15, -0.1) is 0 Å². The fourth-order valence-electron chi connectivity index (χ4n) is 1.17. The van der Waals surface area contributed by atoms with E-state index in [1.54, 1.807) is 13.0 Å². The average molecular weight is 200 g/mol. The Labute approximate surface area is 83.3 Å². The predicted octanol–water partition coefficient (Wildman–Crippen LogP) is 2.03. The van der Waals surface area contributed by atoms with E-state index >= 15 is 0 Å². The molecular weight excluding hydrogens is 186 g/mol. The second-order valence-corrected chi connectivity index (χ2v) is 3.74. The summed E-state index contributed by atoms with van der Waals surface area (Å²) in [7, 11) is 0. The number of aliphatic hydroxyl groups excluding tert-OH is 1. The van der Waals surface area contributed by atoms with Gasteiger partial charge in [0.2, 0.25) is 0 Å². The van der Waals surface area contributed by atoms with Gasteiger partial charge >= 0.3 is 0 Å². The van der Waals surface area contributed by atoms with Crippen molar-refractivity contribution in [2.75, 3.05) is 0 Å². The molecule has 0 bridgehead atoms. The molecule has 0 spiro atoms. The summed E-state index contributed by atoms with van der Waals surface area (Å²) in [4.78, 5) is 0. The Kier molecular flexibility index (Phi) is 3.31. The molecular formula is C10H14ClNO. The van der Waals surface area contributed by atoms with Crippen molar-refractivity contribution >= 4 is 11.6 Å². The number of rotatable bonds is 2. The van der Waals surface area contributed by atoms with E-state index in [9.17, 15) is 5.11 Å². The second kappa shape index (κ2) is 4.09. The Morgan fingerprint density at radius 3 is 2.62 bits per heavy atom. The number of nitrogens with two attached hydrogens (primary N) is 1. The molecule has 0 fully saturated rings. The number of aryl methyl sites for hydroxylation is 1. The molecule has 2 atom stereocenters. The first kappa shape index (κ1) is 10.5. The first-order valence-electron chi connectivity index (χ1n) is 4.22. The van der Waals surface area contributed by atoms with E-state index in [2.05, 4.69) is 0 Å². The van der Waals surface area contributed by atoms with Gasteiger partial charge in [-0.25, -0.2) is 0 Å². The van der Waals surface area contributed by atoms with Crippen molar-refractivity contribution in [2.45, 2.75) is 26.0 Å². The van der Waals surface area contributed by atoms with Gasteiger partial charge in [0.15, 0.2) is 0 Å². The van der Waals surface area contributed by atoms with Crippen LogP contribution in [0.5, 0.6) is 0 Å². The van der Waals surface area contributed by atoms with E-state index in [0.717, 1.165) is 5.56 Å². The molecule has 0 aliphatic carbocycles. The Bertz CT molecular complexity index is 299. The van der Waals surface area contributed by atoms with Crippen LogP contribution in [0.15, 0.2) is 18.2 Å². The maximum absolute atomic E-state index is 9.69. The number of hydrogen-bond acceptors (Lipinski definition) is 2. The van der Waals surface area contributed by atoms with Crippen molar-refractivity contribution in [3.63, 3.8) is 0 Å². The third kappa shape index (κ3) is 2.44. The standard InChI is InChI=1S/C10H14ClNO/c1-6-3-4-9(11)8(5-6)10(13)7(2)12/h3-5,7,10,13H,12H2,1-2H3. The van der Waals surface area contributed by atoms with E-state index in [-0.39, 0.29) is 6.04 Å². The van der Waals surface area contributed by atoms with Gasteiger partial charge in [0.25, 0.3) is 0 Å². The van der Waals surface area contributed by atoms with E-state index < -0.39 is 6.10 Å². The third-order valence-electron chi connectivity index (χ3n) is 1.97. The van der Waals surface area contributed by atoms with Gasteiger partial charge in [-0.1, -0.05) is 29.3 Å². The van der Waals surface area contributed by atoms with Crippen LogP contribution in [0.3, 0.4) is 0 Å². The highest BCUT2D eigenvalue weighted by Gasteiger charge is 2.15. The monoisotopic (exact) mass is 199 g/mol. The highest BCUT2D eigenvalue weighted by Crippen LogP contribution is 2.25. The highest BCUT2D eigenvalue weighted by atomic mass is 35.5. The van der Waals surface area contributed by atoms with Crippen LogP contribution in [0.25, 0.3) is 0 Å². The van der Waals surface area contributed by atoms with E-state index in [0.29, 0.717) is 10.6 Å². The van der Waals surface area contributed by atoms with Gasteiger partial charge in [-0.05, 0) is 19.9 Å². The molecule has 0 aliphatic rings. The normalized spacial score (nSPS) is 15.5. The van der Waals surface area contributed by atoms with Crippen LogP contribution in [0.1, 0.15) is 24.2 Å². The quantitative estimate of drug-likeness (QED) is 0.766. The van der Waals surface area contributed by atoms with Crippen molar-refractivity contribution in [1.82, 2.24) is 0 Å². The summed E-state index contributed by atoms with van der Waals surface area (Å²) < 4.78 is 0. The third-order valence-corrected chi connectivity index (χ3v) is 2.31. The summed E-state index contributed by atoms with van der Waals surface area (Å²) in [5.41, 5.74) is 7.35. The van der Waals surface area contributed by atoms with E-state index in [1.807, 2.05) is 19.1 Å². The number of halogens is 1. The lowest BCUT2D eigenvalue weighted by Gasteiger charge is -2.16. The maximum Gasteiger partial charge on any atom is 0.0952 e. The van der Waals surface area contributed by atoms with Crippen molar-refractivity contribution in [2.24, 2.45) is 5.73 Å². The molecule has 72 valence electrons. The fourth-order valence-corrected chi connectivity index (χ4v) is 1.40. The first-order chi connectivity index (χ1) is 6.02. The predicted molar refractivity (Wildman–Crippen MR) is 54.8 cm³/mol. The molecule has 0 aliphatic heterocycles. The molecule has 2 unspecified atom stereocenters. The van der Waals surface area contributed by atoms with Gasteiger partial charge in [0.05, 0.1) is 6.10 Å². The summed E-state index contributed by atoms with van der Waals surface area (Å²) in [6.07, 6.45) is -0.688. The molecule has 3 heteroatoms. The van der Waals surface area contributed by atoms with Crippen molar-refractivity contribution < 1.29 is 5.11 Å². The zero-order valence-corrected chi connectivity index (χ0v) is 8.55. The molecule has 13 heavy (non-hydrogen) atoms. The van der Waals surface area contributed by atoms with Gasteiger partial charge in [0.1, 0.15) is 0 Å². The Hall–Kier alpha value is -0.570. The number of benzene rings is 1. The van der Waals surface area contributed by atoms with Crippen LogP contribution >= 0.6 is 11.6 Å². The number of hydrogen-bond donors (Lipinski definition) is 2. The Morgan fingerprint density at radius 2 is 2.08 bits per heavy atom. The molecule has 2 nitrogen and oxygen atoms in total. The molecule has 1 rings (SSSR count). The minimum atomic E-state index is -0.688. The van der Waals surface area contributed by atoms with Crippen LogP contribution in [0.2, 0.25) is 5.02 Å². The zero-order valence-electron chi connectivity index (χ0n) is 7.79. The summed E-state index contributed by atoms with van der Waals surface area (Å²) in [5, 5.41) is 10.3. The van der Waals surface area contributed by atoms with Crippen molar-refractivity contribution in [1.29, 1.82) is 0 Å². The summed E-state index contributed by atoms with van der Waals surface area (Å²) in [6.45, 7) is 3.71. The van der Waals surface area contributed by atoms with Gasteiger partial charge < -0.3 is 10.8 Å². The van der Waals surface area contributed by atoms with Gasteiger partial charge in [0, 0.05) is 16.6 Å². The van der Waals surface area contributed by atoms with E-state index in [4.69, 9.17) is 17.3 Å². The minimum Gasteiger partial charge on any atom is -0.387 e. The Balaban J connectivity index is 3.05. The maximum atomic E-state index is 9.69. The first-order valence-corrected chi connectivity index (χ1v) is 4.60. The molecule has 0 aromatic heterocycles. The molecule has 1 aromatic rings. The van der Waals surface area contributed by atoms with Gasteiger partial charge in [-0.2, -0.15) is 0 Å². The van der Waals surface area contributed by atoms with Crippen LogP contribution in [0.4, 0.5) is 0 Å². The lowest BCUT2D eigenvalue weighted by molar-refractivity contribution is 0.153. The number of aliphatic hydroxyl groups is 1. The van der Waals surface area contributed by atoms with Crippen LogP contribution in [-0.2, 0) is 0 Å². The second-order valence-electron chi connectivity index (χ2n) is 3.33. The Morgan fingerprint density at radius 1 is 1.46 bits per heavy atom. The lowest BCUT2D eigenvalue weighted by Crippen LogP contribution is -2.24. The summed E-state index contributed by atoms with van der Waals surface area (Å²) >= 11 is 5.92. The molecule has 0 radical (unpaired) electrons.